The summed E-state index contributed by atoms with van der Waals surface area (Å²) in [5, 5.41) is 0. The molecular weight excluding hydrogens is 358 g/mol. The fourth-order valence-electron chi connectivity index (χ4n) is 3.17. The van der Waals surface area contributed by atoms with Crippen molar-refractivity contribution in [1.82, 2.24) is 4.90 Å². The first kappa shape index (κ1) is 16.5. The zero-order chi connectivity index (χ0) is 16.8. The van der Waals surface area contributed by atoms with Gasteiger partial charge in [0.15, 0.2) is 5.78 Å². The third-order valence-electron chi connectivity index (χ3n) is 4.47. The lowest BCUT2D eigenvalue weighted by molar-refractivity contribution is -0.123. The second-order valence-electron chi connectivity index (χ2n) is 7.60. The largest absolute Gasteiger partial charge is 0.444 e. The molecule has 1 atom stereocenters. The molecular formula is C18H22BrNO3. The molecule has 1 aliphatic heterocycles. The Labute approximate surface area is 145 Å². The Morgan fingerprint density at radius 2 is 2.09 bits per heavy atom. The summed E-state index contributed by atoms with van der Waals surface area (Å²) >= 11 is 3.46. The summed E-state index contributed by atoms with van der Waals surface area (Å²) in [5.41, 5.74) is 0.192. The first-order valence-electron chi connectivity index (χ1n) is 7.99. The summed E-state index contributed by atoms with van der Waals surface area (Å²) in [7, 11) is 0. The first-order valence-corrected chi connectivity index (χ1v) is 8.78. The number of nitrogens with zero attached hydrogens (tertiary/aromatic N) is 1. The van der Waals surface area contributed by atoms with Crippen LogP contribution in [0, 0.1) is 5.41 Å². The van der Waals surface area contributed by atoms with Crippen LogP contribution in [0.1, 0.15) is 39.2 Å². The predicted octanol–water partition coefficient (Wildman–Crippen LogP) is 3.96. The normalized spacial score (nSPS) is 22.5. The molecule has 23 heavy (non-hydrogen) atoms. The summed E-state index contributed by atoms with van der Waals surface area (Å²) in [5.74, 6) is 0.198. The SMILES string of the molecule is CC(C)(C)OC(=O)N1CC2(CC2)C(=O)C1Cc1cccc(Br)c1. The highest BCUT2D eigenvalue weighted by Gasteiger charge is 2.60. The molecule has 5 heteroatoms. The van der Waals surface area contributed by atoms with Gasteiger partial charge in [-0.15, -0.1) is 0 Å². The van der Waals surface area contributed by atoms with E-state index in [1.165, 1.54) is 0 Å². The number of benzene rings is 1. The first-order chi connectivity index (χ1) is 10.7. The maximum Gasteiger partial charge on any atom is 0.410 e. The highest BCUT2D eigenvalue weighted by molar-refractivity contribution is 9.10. The molecule has 0 aromatic heterocycles. The second-order valence-corrected chi connectivity index (χ2v) is 8.52. The van der Waals surface area contributed by atoms with Crippen LogP contribution in [0.15, 0.2) is 28.7 Å². The molecule has 124 valence electrons. The van der Waals surface area contributed by atoms with Gasteiger partial charge in [0.25, 0.3) is 0 Å². The van der Waals surface area contributed by atoms with Crippen molar-refractivity contribution in [3.8, 4) is 0 Å². The van der Waals surface area contributed by atoms with Crippen LogP contribution in [-0.4, -0.2) is 35.0 Å². The Morgan fingerprint density at radius 3 is 2.65 bits per heavy atom. The quantitative estimate of drug-likeness (QED) is 0.780. The van der Waals surface area contributed by atoms with Crippen LogP contribution in [0.25, 0.3) is 0 Å². The van der Waals surface area contributed by atoms with E-state index in [2.05, 4.69) is 15.9 Å². The molecule has 1 spiro atoms. The molecule has 4 nitrogen and oxygen atoms in total. The van der Waals surface area contributed by atoms with Crippen LogP contribution in [-0.2, 0) is 16.0 Å². The molecule has 1 saturated heterocycles. The topological polar surface area (TPSA) is 46.6 Å². The molecule has 1 aromatic carbocycles. The lowest BCUT2D eigenvalue weighted by Gasteiger charge is -2.28. The maximum atomic E-state index is 12.8. The highest BCUT2D eigenvalue weighted by atomic mass is 79.9. The number of ketones is 1. The standard InChI is InChI=1S/C18H22BrNO3/c1-17(2,3)23-16(22)20-11-18(7-8-18)15(21)14(20)10-12-5-4-6-13(19)9-12/h4-6,9,14H,7-8,10-11H2,1-3H3. The van der Waals surface area contributed by atoms with Crippen LogP contribution < -0.4 is 0 Å². The molecule has 1 unspecified atom stereocenters. The number of rotatable bonds is 2. The predicted molar refractivity (Wildman–Crippen MR) is 91.2 cm³/mol. The van der Waals surface area contributed by atoms with Crippen molar-refractivity contribution in [3.05, 3.63) is 34.3 Å². The molecule has 2 fully saturated rings. The molecule has 1 amide bonds. The van der Waals surface area contributed by atoms with E-state index in [0.29, 0.717) is 13.0 Å². The Morgan fingerprint density at radius 1 is 1.39 bits per heavy atom. The van der Waals surface area contributed by atoms with Gasteiger partial charge in [0.1, 0.15) is 5.60 Å². The zero-order valence-electron chi connectivity index (χ0n) is 13.8. The van der Waals surface area contributed by atoms with E-state index in [-0.39, 0.29) is 17.3 Å². The molecule has 1 aromatic rings. The minimum absolute atomic E-state index is 0.198. The monoisotopic (exact) mass is 379 g/mol. The van der Waals surface area contributed by atoms with Crippen molar-refractivity contribution in [2.45, 2.75) is 51.7 Å². The maximum absolute atomic E-state index is 12.8. The number of carbonyl (C=O) groups is 2. The summed E-state index contributed by atoms with van der Waals surface area (Å²) < 4.78 is 6.49. The molecule has 3 rings (SSSR count). The van der Waals surface area contributed by atoms with Gasteiger partial charge >= 0.3 is 6.09 Å². The minimum atomic E-state index is -0.556. The smallest absolute Gasteiger partial charge is 0.410 e. The van der Waals surface area contributed by atoms with Crippen LogP contribution >= 0.6 is 15.9 Å². The van der Waals surface area contributed by atoms with Crippen molar-refractivity contribution < 1.29 is 14.3 Å². The van der Waals surface area contributed by atoms with E-state index in [1.807, 2.05) is 45.0 Å². The minimum Gasteiger partial charge on any atom is -0.444 e. The van der Waals surface area contributed by atoms with Crippen molar-refractivity contribution in [1.29, 1.82) is 0 Å². The summed E-state index contributed by atoms with van der Waals surface area (Å²) in [4.78, 5) is 27.0. The zero-order valence-corrected chi connectivity index (χ0v) is 15.4. The molecule has 0 radical (unpaired) electrons. The summed E-state index contributed by atoms with van der Waals surface area (Å²) in [6.07, 6.45) is 1.94. The third-order valence-corrected chi connectivity index (χ3v) is 4.97. The Hall–Kier alpha value is -1.36. The van der Waals surface area contributed by atoms with Crippen LogP contribution in [0.3, 0.4) is 0 Å². The number of hydrogen-bond acceptors (Lipinski definition) is 3. The number of carbonyl (C=O) groups excluding carboxylic acids is 2. The molecule has 1 aliphatic carbocycles. The fraction of sp³-hybridized carbons (Fsp3) is 0.556. The average Bonchev–Trinajstić information content (AvgIpc) is 3.15. The number of ether oxygens (including phenoxy) is 1. The van der Waals surface area contributed by atoms with Gasteiger partial charge in [-0.3, -0.25) is 9.69 Å². The molecule has 0 N–H and O–H groups in total. The van der Waals surface area contributed by atoms with Gasteiger partial charge < -0.3 is 4.74 Å². The average molecular weight is 380 g/mol. The van der Waals surface area contributed by atoms with Gasteiger partial charge in [0.05, 0.1) is 6.04 Å². The number of likely N-dealkylation sites (tertiary alicyclic amines) is 1. The molecule has 1 saturated carbocycles. The Bertz CT molecular complexity index is 646. The van der Waals surface area contributed by atoms with Gasteiger partial charge in [0, 0.05) is 22.9 Å². The van der Waals surface area contributed by atoms with Crippen molar-refractivity contribution >= 4 is 27.8 Å². The second kappa shape index (κ2) is 5.62. The fourth-order valence-corrected chi connectivity index (χ4v) is 3.61. The van der Waals surface area contributed by atoms with E-state index in [9.17, 15) is 9.59 Å². The number of Topliss-reactive ketones (excluding diaryl/α,β-unsaturated/α-hetero) is 1. The van der Waals surface area contributed by atoms with Crippen molar-refractivity contribution in [3.63, 3.8) is 0 Å². The van der Waals surface area contributed by atoms with Crippen LogP contribution in [0.5, 0.6) is 0 Å². The summed E-state index contributed by atoms with van der Waals surface area (Å²) in [6, 6.07) is 7.47. The number of halogens is 1. The Balaban J connectivity index is 1.82. The van der Waals surface area contributed by atoms with Gasteiger partial charge in [-0.1, -0.05) is 28.1 Å². The van der Waals surface area contributed by atoms with Gasteiger partial charge in [-0.05, 0) is 51.3 Å². The Kier molecular flexibility index (Phi) is 4.03. The van der Waals surface area contributed by atoms with Gasteiger partial charge in [-0.25, -0.2) is 4.79 Å². The van der Waals surface area contributed by atoms with Crippen LogP contribution in [0.2, 0.25) is 0 Å². The molecule has 1 heterocycles. The van der Waals surface area contributed by atoms with E-state index < -0.39 is 11.6 Å². The van der Waals surface area contributed by atoms with Crippen LogP contribution in [0.4, 0.5) is 4.79 Å². The van der Waals surface area contributed by atoms with E-state index in [0.717, 1.165) is 22.9 Å². The lowest BCUT2D eigenvalue weighted by Crippen LogP contribution is -2.42. The highest BCUT2D eigenvalue weighted by Crippen LogP contribution is 2.53. The number of hydrogen-bond donors (Lipinski definition) is 0. The van der Waals surface area contributed by atoms with Crippen molar-refractivity contribution in [2.75, 3.05) is 6.54 Å². The lowest BCUT2D eigenvalue weighted by atomic mass is 9.96. The van der Waals surface area contributed by atoms with E-state index in [1.54, 1.807) is 4.90 Å². The molecule has 0 bridgehead atoms. The molecule has 2 aliphatic rings. The van der Waals surface area contributed by atoms with Gasteiger partial charge in [-0.2, -0.15) is 0 Å². The van der Waals surface area contributed by atoms with E-state index in [4.69, 9.17) is 4.74 Å². The number of amides is 1. The summed E-state index contributed by atoms with van der Waals surface area (Å²) in [6.45, 7) is 6.04. The van der Waals surface area contributed by atoms with Gasteiger partial charge in [0.2, 0.25) is 0 Å². The third kappa shape index (κ3) is 3.44. The van der Waals surface area contributed by atoms with Crippen molar-refractivity contribution in [2.24, 2.45) is 5.41 Å². The van der Waals surface area contributed by atoms with E-state index >= 15 is 0 Å².